The summed E-state index contributed by atoms with van der Waals surface area (Å²) in [6.45, 7) is 0. The van der Waals surface area contributed by atoms with Crippen molar-refractivity contribution in [1.29, 1.82) is 0 Å². The van der Waals surface area contributed by atoms with Crippen molar-refractivity contribution in [3.63, 3.8) is 0 Å². The maximum absolute atomic E-state index is 10.5. The predicted octanol–water partition coefficient (Wildman–Crippen LogP) is -3.36. The first-order chi connectivity index (χ1) is 6.79. The van der Waals surface area contributed by atoms with E-state index in [0.717, 1.165) is 0 Å². The molecule has 12 nitrogen and oxygen atoms in total. The zero-order chi connectivity index (χ0) is 13.2. The molecule has 0 spiro atoms. The van der Waals surface area contributed by atoms with E-state index in [2.05, 4.69) is 0 Å². The molecule has 0 aromatic rings. The third kappa shape index (κ3) is 21.5. The topological polar surface area (TPSA) is 264 Å². The van der Waals surface area contributed by atoms with E-state index in [1.54, 1.807) is 0 Å². The zero-order valence-electron chi connectivity index (χ0n) is 9.19. The number of nitrogens with two attached hydrogens (primary N) is 2. The Kier molecular flexibility index (Phi) is 14.7. The van der Waals surface area contributed by atoms with Crippen LogP contribution in [0.25, 0.3) is 12.3 Å². The summed E-state index contributed by atoms with van der Waals surface area (Å²) in [5.74, 6) is 0. The second kappa shape index (κ2) is 9.86. The quantitative estimate of drug-likeness (QED) is 0.250. The van der Waals surface area contributed by atoms with Gasteiger partial charge in [-0.2, -0.15) is 0 Å². The Morgan fingerprint density at radius 3 is 1.53 bits per heavy atom. The van der Waals surface area contributed by atoms with Crippen molar-refractivity contribution in [3.05, 3.63) is 12.3 Å². The van der Waals surface area contributed by atoms with Gasteiger partial charge in [-0.1, -0.05) is 7.60 Å². The van der Waals surface area contributed by atoms with E-state index < -0.39 is 41.6 Å². The third-order valence-electron chi connectivity index (χ3n) is 1.14. The molecule has 0 aliphatic heterocycles. The molecular weight excluding hydrogens is 510 g/mol. The fourth-order valence-corrected chi connectivity index (χ4v) is 3.49. The second-order valence-corrected chi connectivity index (χ2v) is 7.71. The molecule has 0 amide bonds. The van der Waals surface area contributed by atoms with Gasteiger partial charge in [-0.25, -0.2) is 4.57 Å². The summed E-state index contributed by atoms with van der Waals surface area (Å²) in [5, 5.41) is 0. The van der Waals surface area contributed by atoms with Crippen LogP contribution >= 0.6 is 22.8 Å². The fraction of sp³-hybridized carbons (Fsp3) is 1.00. The van der Waals surface area contributed by atoms with Crippen LogP contribution in [0.1, 0.15) is 0 Å². The van der Waals surface area contributed by atoms with E-state index in [4.69, 9.17) is 9.46 Å². The summed E-state index contributed by atoms with van der Waals surface area (Å²) >= 11 is 0. The van der Waals surface area contributed by atoms with Crippen molar-refractivity contribution in [2.75, 3.05) is 18.9 Å². The fourth-order valence-electron chi connectivity index (χ4n) is 0.895. The molecule has 0 bridgehead atoms. The van der Waals surface area contributed by atoms with E-state index in [1.165, 1.54) is 0 Å². The molecule has 0 heterocycles. The van der Waals surface area contributed by atoms with Crippen LogP contribution in [0.2, 0.25) is 0 Å². The van der Waals surface area contributed by atoms with Gasteiger partial charge in [0.1, 0.15) is 13.9 Å². The van der Waals surface area contributed by atoms with Gasteiger partial charge in [-0.3, -0.25) is 4.90 Å². The van der Waals surface area contributed by atoms with Crippen molar-refractivity contribution in [2.45, 2.75) is 0 Å². The Labute approximate surface area is 123 Å². The van der Waals surface area contributed by atoms with E-state index in [9.17, 15) is 33.6 Å². The second-order valence-electron chi connectivity index (χ2n) is 3.02. The minimum absolute atomic E-state index is 0. The molecular formula is C3H13N3O9P3Pt-3. The first-order valence-corrected chi connectivity index (χ1v) is 8.90. The normalized spacial score (nSPS) is 14.7. The Morgan fingerprint density at radius 1 is 0.947 bits per heavy atom. The van der Waals surface area contributed by atoms with E-state index in [-0.39, 0.29) is 38.3 Å². The Morgan fingerprint density at radius 2 is 1.32 bits per heavy atom. The number of rotatable bonds is 6. The summed E-state index contributed by atoms with van der Waals surface area (Å²) in [4.78, 5) is 58.6. The van der Waals surface area contributed by atoms with Crippen LogP contribution in [-0.2, 0) is 30.2 Å². The minimum Gasteiger partial charge on any atom is -0.810 e. The average molecular weight is 523 g/mol. The monoisotopic (exact) mass is 523 g/mol. The predicted molar refractivity (Wildman–Crippen MR) is 54.7 cm³/mol. The molecule has 19 heavy (non-hydrogen) atoms. The van der Waals surface area contributed by atoms with Gasteiger partial charge in [0.15, 0.2) is 0 Å². The molecule has 7 N–H and O–H groups in total. The Bertz CT molecular complexity index is 317. The van der Waals surface area contributed by atoms with Crippen molar-refractivity contribution in [1.82, 2.24) is 4.90 Å². The number of hydrogen-bond donors (Lipinski definition) is 0. The van der Waals surface area contributed by atoms with Gasteiger partial charge < -0.3 is 50.8 Å². The first kappa shape index (κ1) is 28.2. The van der Waals surface area contributed by atoms with E-state index in [1.807, 2.05) is 0 Å². The van der Waals surface area contributed by atoms with Gasteiger partial charge in [-0.05, 0) is 0 Å². The van der Waals surface area contributed by atoms with Gasteiger partial charge in [0.05, 0.1) is 6.29 Å². The first-order valence-electron chi connectivity index (χ1n) is 3.60. The number of nitrogens with zero attached hydrogens (tertiary/aromatic N) is 1. The molecule has 1 unspecified atom stereocenters. The molecule has 0 aromatic heterocycles. The van der Waals surface area contributed by atoms with Gasteiger partial charge in [0.2, 0.25) is 0 Å². The summed E-state index contributed by atoms with van der Waals surface area (Å²) in [6, 6.07) is 0. The van der Waals surface area contributed by atoms with Gasteiger partial charge in [0, 0.05) is 6.29 Å². The van der Waals surface area contributed by atoms with Crippen molar-refractivity contribution < 1.29 is 64.1 Å². The van der Waals surface area contributed by atoms with Crippen molar-refractivity contribution in [3.8, 4) is 0 Å². The molecule has 0 radical (unpaired) electrons. The van der Waals surface area contributed by atoms with Crippen LogP contribution < -0.4 is 24.5 Å². The molecule has 0 aromatic carbocycles. The largest absolute Gasteiger partial charge is 2.00 e. The van der Waals surface area contributed by atoms with E-state index in [0.29, 0.717) is 0 Å². The molecule has 0 saturated heterocycles. The average Bonchev–Trinajstić information content (AvgIpc) is 1.70. The third-order valence-corrected chi connectivity index (χ3v) is 3.41. The van der Waals surface area contributed by atoms with Crippen LogP contribution in [0, 0.1) is 0 Å². The van der Waals surface area contributed by atoms with Crippen LogP contribution in [0.5, 0.6) is 0 Å². The SMILES string of the molecule is O=P([O-])([O-])CN(CP(=O)([O-])[OH2+])CP([O-])([O-])=[OH+].[NH2-].[NH2-].[Pt+2]. The molecule has 0 fully saturated rings. The molecule has 0 saturated carbocycles. The Hall–Kier alpha value is 1.02. The van der Waals surface area contributed by atoms with Crippen LogP contribution in [0.15, 0.2) is 0 Å². The Balaban J connectivity index is -0.000000375. The van der Waals surface area contributed by atoms with Crippen LogP contribution in [-0.4, -0.2) is 33.2 Å². The van der Waals surface area contributed by atoms with Gasteiger partial charge in [0.25, 0.3) is 7.60 Å². The smallest absolute Gasteiger partial charge is 0.810 e. The molecule has 0 aliphatic carbocycles. The maximum Gasteiger partial charge on any atom is 2.00 e. The summed E-state index contributed by atoms with van der Waals surface area (Å²) < 4.78 is 29.2. The zero-order valence-corrected chi connectivity index (χ0v) is 14.1. The summed E-state index contributed by atoms with van der Waals surface area (Å²) in [7, 11) is -14.9. The van der Waals surface area contributed by atoms with Crippen molar-refractivity contribution >= 4 is 22.8 Å². The molecule has 0 aliphatic rings. The molecule has 0 rings (SSSR count). The molecule has 122 valence electrons. The minimum atomic E-state index is -5.18. The maximum atomic E-state index is 10.5. The van der Waals surface area contributed by atoms with E-state index >= 15 is 0 Å². The van der Waals surface area contributed by atoms with Crippen LogP contribution in [0.4, 0.5) is 0 Å². The number of hydrogen-bond acceptors (Lipinski definition) is 8. The van der Waals surface area contributed by atoms with Crippen LogP contribution in [0.3, 0.4) is 0 Å². The summed E-state index contributed by atoms with van der Waals surface area (Å²) in [6.07, 6.45) is -3.98. The van der Waals surface area contributed by atoms with Crippen molar-refractivity contribution in [2.24, 2.45) is 0 Å². The standard InChI is InChI=1S/C3H12NO9P3.2H2N.Pt/c5-14(6,7)1-4(2-15(8,9)10)3-16(11,12)13;;;/h1-3H2,(H2,5,6,7)(H2,8,9,10)(H2,11,12,13);2*1H2;/q;2*-1;+2/p-3. The molecule has 16 heteroatoms. The molecule has 1 atom stereocenters. The summed E-state index contributed by atoms with van der Waals surface area (Å²) in [5.41, 5.74) is 0. The van der Waals surface area contributed by atoms with Gasteiger partial charge >= 0.3 is 21.1 Å². The van der Waals surface area contributed by atoms with Gasteiger partial charge in [-0.15, -0.1) is 0 Å².